The summed E-state index contributed by atoms with van der Waals surface area (Å²) < 4.78 is 26.2. The van der Waals surface area contributed by atoms with Crippen molar-refractivity contribution in [3.05, 3.63) is 29.8 Å². The van der Waals surface area contributed by atoms with Crippen LogP contribution in [0.1, 0.15) is 25.3 Å². The lowest BCUT2D eigenvalue weighted by atomic mass is 10.2. The molecular weight excluding hydrogens is 302 g/mol. The van der Waals surface area contributed by atoms with Crippen molar-refractivity contribution in [1.82, 2.24) is 14.9 Å². The lowest BCUT2D eigenvalue weighted by Gasteiger charge is -2.23. The van der Waals surface area contributed by atoms with Crippen LogP contribution in [0.4, 0.5) is 4.79 Å². The number of aryl methyl sites for hydroxylation is 1. The van der Waals surface area contributed by atoms with Crippen LogP contribution in [0, 0.1) is 6.92 Å². The Hall–Kier alpha value is -1.60. The average molecular weight is 325 g/mol. The number of amides is 2. The summed E-state index contributed by atoms with van der Waals surface area (Å²) in [6, 6.07) is 5.88. The van der Waals surface area contributed by atoms with Gasteiger partial charge in [-0.3, -0.25) is 4.90 Å². The fourth-order valence-electron chi connectivity index (χ4n) is 2.49. The predicted molar refractivity (Wildman–Crippen MR) is 85.2 cm³/mol. The summed E-state index contributed by atoms with van der Waals surface area (Å²) >= 11 is 0. The Morgan fingerprint density at radius 1 is 1.23 bits per heavy atom. The third kappa shape index (κ3) is 4.45. The molecule has 1 aliphatic rings. The van der Waals surface area contributed by atoms with E-state index >= 15 is 0 Å². The average Bonchev–Trinajstić information content (AvgIpc) is 2.99. The Morgan fingerprint density at radius 3 is 2.41 bits per heavy atom. The summed E-state index contributed by atoms with van der Waals surface area (Å²) in [5, 5.41) is 2.63. The van der Waals surface area contributed by atoms with E-state index in [0.29, 0.717) is 6.54 Å². The highest BCUT2D eigenvalue weighted by Crippen LogP contribution is 2.11. The third-order valence-electron chi connectivity index (χ3n) is 3.88. The number of benzene rings is 1. The Kier molecular flexibility index (Phi) is 5.42. The summed E-state index contributed by atoms with van der Waals surface area (Å²) in [5.41, 5.74) is 0.961. The molecule has 0 radical (unpaired) electrons. The van der Waals surface area contributed by atoms with Gasteiger partial charge in [0.1, 0.15) is 0 Å². The number of carbonyl (C=O) groups is 1. The van der Waals surface area contributed by atoms with Gasteiger partial charge >= 0.3 is 6.03 Å². The van der Waals surface area contributed by atoms with Crippen molar-refractivity contribution in [2.75, 3.05) is 19.6 Å². The minimum Gasteiger partial charge on any atom is -0.336 e. The number of likely N-dealkylation sites (tertiary alicyclic amines) is 1. The predicted octanol–water partition coefficient (Wildman–Crippen LogP) is 1.47. The molecule has 2 rings (SSSR count). The minimum absolute atomic E-state index is 0.0841. The highest BCUT2D eigenvalue weighted by molar-refractivity contribution is 7.90. The molecule has 0 aliphatic carbocycles. The van der Waals surface area contributed by atoms with E-state index in [1.54, 1.807) is 12.1 Å². The molecule has 1 heterocycles. The number of carbonyl (C=O) groups excluding carboxylic acids is 1. The van der Waals surface area contributed by atoms with Gasteiger partial charge in [-0.05, 0) is 51.9 Å². The summed E-state index contributed by atoms with van der Waals surface area (Å²) in [6.45, 7) is 6.39. The first-order valence-electron chi connectivity index (χ1n) is 7.50. The van der Waals surface area contributed by atoms with Crippen LogP contribution in [0.25, 0.3) is 0 Å². The summed E-state index contributed by atoms with van der Waals surface area (Å²) in [6.07, 6.45) is 2.36. The molecule has 0 bridgehead atoms. The van der Waals surface area contributed by atoms with E-state index in [0.717, 1.165) is 18.7 Å². The molecule has 22 heavy (non-hydrogen) atoms. The highest BCUT2D eigenvalue weighted by atomic mass is 32.2. The summed E-state index contributed by atoms with van der Waals surface area (Å²) in [5.74, 6) is 0. The second kappa shape index (κ2) is 7.11. The lowest BCUT2D eigenvalue weighted by molar-refractivity contribution is 0.230. The maximum Gasteiger partial charge on any atom is 0.328 e. The number of nitrogens with one attached hydrogen (secondary N) is 2. The molecule has 7 heteroatoms. The molecule has 1 fully saturated rings. The molecule has 0 aromatic heterocycles. The quantitative estimate of drug-likeness (QED) is 0.859. The Labute approximate surface area is 131 Å². The van der Waals surface area contributed by atoms with Gasteiger partial charge < -0.3 is 5.32 Å². The number of sulfonamides is 1. The van der Waals surface area contributed by atoms with Crippen LogP contribution in [-0.4, -0.2) is 45.0 Å². The molecule has 1 aromatic carbocycles. The van der Waals surface area contributed by atoms with Gasteiger partial charge in [-0.25, -0.2) is 17.9 Å². The topological polar surface area (TPSA) is 78.5 Å². The lowest BCUT2D eigenvalue weighted by Crippen LogP contribution is -2.45. The Morgan fingerprint density at radius 2 is 1.82 bits per heavy atom. The fraction of sp³-hybridized carbons (Fsp3) is 0.533. The Balaban J connectivity index is 1.86. The second-order valence-corrected chi connectivity index (χ2v) is 7.40. The molecule has 1 aliphatic heterocycles. The second-order valence-electron chi connectivity index (χ2n) is 5.72. The van der Waals surface area contributed by atoms with Crippen LogP contribution in [0.3, 0.4) is 0 Å². The molecule has 2 amide bonds. The van der Waals surface area contributed by atoms with E-state index in [-0.39, 0.29) is 10.9 Å². The molecule has 122 valence electrons. The molecule has 1 unspecified atom stereocenters. The Bertz CT molecular complexity index is 607. The van der Waals surface area contributed by atoms with Crippen molar-refractivity contribution in [2.24, 2.45) is 0 Å². The van der Waals surface area contributed by atoms with Crippen molar-refractivity contribution in [2.45, 2.75) is 37.6 Å². The van der Waals surface area contributed by atoms with E-state index in [1.807, 2.05) is 18.6 Å². The number of hydrogen-bond donors (Lipinski definition) is 2. The number of hydrogen-bond acceptors (Lipinski definition) is 4. The molecule has 1 saturated heterocycles. The van der Waals surface area contributed by atoms with E-state index in [2.05, 4.69) is 10.2 Å². The third-order valence-corrected chi connectivity index (χ3v) is 5.23. The molecule has 0 saturated carbocycles. The van der Waals surface area contributed by atoms with Crippen LogP contribution in [0.5, 0.6) is 0 Å². The number of rotatable bonds is 5. The van der Waals surface area contributed by atoms with Gasteiger partial charge in [-0.15, -0.1) is 0 Å². The van der Waals surface area contributed by atoms with Crippen molar-refractivity contribution in [3.63, 3.8) is 0 Å². The molecule has 1 atom stereocenters. The van der Waals surface area contributed by atoms with Gasteiger partial charge in [0.15, 0.2) is 0 Å². The molecule has 0 spiro atoms. The van der Waals surface area contributed by atoms with Crippen LogP contribution >= 0.6 is 0 Å². The first kappa shape index (κ1) is 16.8. The van der Waals surface area contributed by atoms with Crippen molar-refractivity contribution in [3.8, 4) is 0 Å². The maximum absolute atomic E-state index is 12.1. The molecular formula is C15H23N3O3S. The molecule has 1 aromatic rings. The maximum atomic E-state index is 12.1. The molecule has 2 N–H and O–H groups in total. The zero-order valence-electron chi connectivity index (χ0n) is 13.0. The van der Waals surface area contributed by atoms with Gasteiger partial charge in [0.2, 0.25) is 0 Å². The zero-order chi connectivity index (χ0) is 16.2. The molecule has 6 nitrogen and oxygen atoms in total. The van der Waals surface area contributed by atoms with Crippen molar-refractivity contribution < 1.29 is 13.2 Å². The van der Waals surface area contributed by atoms with Gasteiger partial charge in [0.25, 0.3) is 10.0 Å². The normalized spacial score (nSPS) is 17.2. The van der Waals surface area contributed by atoms with Crippen molar-refractivity contribution in [1.29, 1.82) is 0 Å². The van der Waals surface area contributed by atoms with Gasteiger partial charge in [0, 0.05) is 12.6 Å². The van der Waals surface area contributed by atoms with E-state index in [4.69, 9.17) is 0 Å². The van der Waals surface area contributed by atoms with Crippen LogP contribution in [-0.2, 0) is 10.0 Å². The summed E-state index contributed by atoms with van der Waals surface area (Å²) in [4.78, 5) is 14.2. The minimum atomic E-state index is -3.82. The largest absolute Gasteiger partial charge is 0.336 e. The first-order valence-corrected chi connectivity index (χ1v) is 8.98. The summed E-state index contributed by atoms with van der Waals surface area (Å²) in [7, 11) is -3.82. The standard InChI is InChI=1S/C15H23N3O3S/c1-12-5-7-14(8-6-12)22(20,21)17-15(19)16-11-13(2)18-9-3-4-10-18/h5-8,13H,3-4,9-11H2,1-2H3,(H2,16,17,19). The smallest absolute Gasteiger partial charge is 0.328 e. The van der Waals surface area contributed by atoms with E-state index in [9.17, 15) is 13.2 Å². The highest BCUT2D eigenvalue weighted by Gasteiger charge is 2.20. The SMILES string of the molecule is Cc1ccc(S(=O)(=O)NC(=O)NCC(C)N2CCCC2)cc1. The van der Waals surface area contributed by atoms with Gasteiger partial charge in [-0.1, -0.05) is 17.7 Å². The number of urea groups is 1. The van der Waals surface area contributed by atoms with Gasteiger partial charge in [0.05, 0.1) is 4.90 Å². The zero-order valence-corrected chi connectivity index (χ0v) is 13.8. The fourth-order valence-corrected chi connectivity index (χ4v) is 3.41. The van der Waals surface area contributed by atoms with E-state index in [1.165, 1.54) is 25.0 Å². The van der Waals surface area contributed by atoms with Crippen molar-refractivity contribution >= 4 is 16.1 Å². The van der Waals surface area contributed by atoms with E-state index < -0.39 is 16.1 Å². The van der Waals surface area contributed by atoms with Gasteiger partial charge in [-0.2, -0.15) is 0 Å². The van der Waals surface area contributed by atoms with Crippen LogP contribution in [0.15, 0.2) is 29.2 Å². The van der Waals surface area contributed by atoms with Crippen LogP contribution in [0.2, 0.25) is 0 Å². The van der Waals surface area contributed by atoms with Crippen LogP contribution < -0.4 is 10.0 Å². The monoisotopic (exact) mass is 325 g/mol. The first-order chi connectivity index (χ1) is 10.4. The number of nitrogens with zero attached hydrogens (tertiary/aromatic N) is 1.